The van der Waals surface area contributed by atoms with E-state index in [9.17, 15) is 8.42 Å². The van der Waals surface area contributed by atoms with Gasteiger partial charge in [0.05, 0.1) is 6.20 Å². The zero-order valence-corrected chi connectivity index (χ0v) is 12.3. The van der Waals surface area contributed by atoms with Crippen molar-refractivity contribution in [3.63, 3.8) is 0 Å². The lowest BCUT2D eigenvalue weighted by atomic mass is 10.0. The smallest absolute Gasteiger partial charge is 0.243 e. The molecule has 1 saturated heterocycles. The highest BCUT2D eigenvalue weighted by Crippen LogP contribution is 2.17. The highest BCUT2D eigenvalue weighted by atomic mass is 32.2. The fourth-order valence-corrected chi connectivity index (χ4v) is 3.48. The summed E-state index contributed by atoms with van der Waals surface area (Å²) in [5.41, 5.74) is 0. The van der Waals surface area contributed by atoms with Gasteiger partial charge in [-0.25, -0.2) is 13.1 Å². The summed E-state index contributed by atoms with van der Waals surface area (Å²) in [5.74, 6) is 0.421. The van der Waals surface area contributed by atoms with Gasteiger partial charge < -0.3 is 0 Å². The molecule has 1 fully saturated rings. The molecule has 108 valence electrons. The fraction of sp³-hybridized carbons (Fsp3) is 0.750. The molecule has 0 amide bonds. The summed E-state index contributed by atoms with van der Waals surface area (Å²) in [6.07, 6.45) is 5.13. The van der Waals surface area contributed by atoms with Crippen LogP contribution >= 0.6 is 0 Å². The Morgan fingerprint density at radius 1 is 1.42 bits per heavy atom. The third-order valence-corrected chi connectivity index (χ3v) is 5.04. The number of hydrogen-bond donors (Lipinski definition) is 2. The minimum Gasteiger partial charge on any atom is -0.299 e. The molecule has 0 bridgehead atoms. The number of hydrogen-bond acceptors (Lipinski definition) is 4. The van der Waals surface area contributed by atoms with Crippen LogP contribution < -0.4 is 4.72 Å². The number of rotatable bonds is 6. The maximum absolute atomic E-state index is 12.0. The van der Waals surface area contributed by atoms with Gasteiger partial charge in [0.25, 0.3) is 0 Å². The third-order valence-electron chi connectivity index (χ3n) is 3.65. The molecule has 2 heterocycles. The predicted molar refractivity (Wildman–Crippen MR) is 73.2 cm³/mol. The highest BCUT2D eigenvalue weighted by Gasteiger charge is 2.26. The third kappa shape index (κ3) is 3.55. The first-order chi connectivity index (χ1) is 9.00. The maximum atomic E-state index is 12.0. The molecule has 1 aliphatic rings. The normalized spacial score (nSPS) is 19.1. The molecule has 0 saturated carbocycles. The second-order valence-electron chi connectivity index (χ2n) is 5.34. The van der Waals surface area contributed by atoms with Crippen LogP contribution in [0.3, 0.4) is 0 Å². The largest absolute Gasteiger partial charge is 0.299 e. The minimum absolute atomic E-state index is 0.191. The molecule has 7 heteroatoms. The first-order valence-electron chi connectivity index (χ1n) is 6.73. The van der Waals surface area contributed by atoms with Crippen molar-refractivity contribution < 1.29 is 8.42 Å². The van der Waals surface area contributed by atoms with E-state index in [4.69, 9.17) is 0 Å². The van der Waals surface area contributed by atoms with Gasteiger partial charge in [0, 0.05) is 18.8 Å². The predicted octanol–water partition coefficient (Wildman–Crippen LogP) is 0.808. The average molecular weight is 286 g/mol. The van der Waals surface area contributed by atoms with Gasteiger partial charge in [-0.15, -0.1) is 0 Å². The zero-order chi connectivity index (χ0) is 13.9. The summed E-state index contributed by atoms with van der Waals surface area (Å²) < 4.78 is 26.8. The SMILES string of the molecule is CC(C)C(CNS(=O)(=O)c1cn[nH]c1)N1CCCC1. The number of sulfonamides is 1. The van der Waals surface area contributed by atoms with Crippen molar-refractivity contribution in [1.29, 1.82) is 0 Å². The van der Waals surface area contributed by atoms with Gasteiger partial charge in [-0.05, 0) is 31.8 Å². The summed E-state index contributed by atoms with van der Waals surface area (Å²) in [6.45, 7) is 6.85. The van der Waals surface area contributed by atoms with Gasteiger partial charge in [-0.1, -0.05) is 13.8 Å². The zero-order valence-electron chi connectivity index (χ0n) is 11.5. The Balaban J connectivity index is 1.99. The number of likely N-dealkylation sites (tertiary alicyclic amines) is 1. The lowest BCUT2D eigenvalue weighted by molar-refractivity contribution is 0.193. The minimum atomic E-state index is -3.45. The van der Waals surface area contributed by atoms with Crippen molar-refractivity contribution >= 4 is 10.0 Å². The van der Waals surface area contributed by atoms with E-state index in [1.54, 1.807) is 0 Å². The van der Waals surface area contributed by atoms with Crippen LogP contribution in [0.5, 0.6) is 0 Å². The Bertz CT molecular complexity index is 478. The molecule has 2 rings (SSSR count). The van der Waals surface area contributed by atoms with Crippen LogP contribution in [0.4, 0.5) is 0 Å². The average Bonchev–Trinajstić information content (AvgIpc) is 3.02. The fourth-order valence-electron chi connectivity index (χ4n) is 2.52. The van der Waals surface area contributed by atoms with E-state index in [0.29, 0.717) is 12.5 Å². The number of nitrogens with one attached hydrogen (secondary N) is 2. The molecule has 1 aliphatic heterocycles. The first-order valence-corrected chi connectivity index (χ1v) is 8.21. The molecule has 1 aromatic rings. The van der Waals surface area contributed by atoms with Gasteiger partial charge in [-0.2, -0.15) is 5.10 Å². The molecule has 1 unspecified atom stereocenters. The van der Waals surface area contributed by atoms with Gasteiger partial charge in [0.15, 0.2) is 0 Å². The second kappa shape index (κ2) is 6.02. The van der Waals surface area contributed by atoms with Crippen molar-refractivity contribution in [2.75, 3.05) is 19.6 Å². The lowest BCUT2D eigenvalue weighted by Crippen LogP contribution is -2.45. The number of nitrogens with zero attached hydrogens (tertiary/aromatic N) is 2. The van der Waals surface area contributed by atoms with Crippen LogP contribution in [-0.4, -0.2) is 49.2 Å². The van der Waals surface area contributed by atoms with Crippen LogP contribution in [0.15, 0.2) is 17.3 Å². The van der Waals surface area contributed by atoms with E-state index in [-0.39, 0.29) is 10.9 Å². The first kappa shape index (κ1) is 14.5. The van der Waals surface area contributed by atoms with Gasteiger partial charge in [-0.3, -0.25) is 10.00 Å². The van der Waals surface area contributed by atoms with E-state index < -0.39 is 10.0 Å². The van der Waals surface area contributed by atoms with E-state index in [0.717, 1.165) is 13.1 Å². The molecule has 0 radical (unpaired) electrons. The van der Waals surface area contributed by atoms with Crippen molar-refractivity contribution in [2.45, 2.75) is 37.6 Å². The molecule has 1 aromatic heterocycles. The molecular formula is C12H22N4O2S. The van der Waals surface area contributed by atoms with E-state index >= 15 is 0 Å². The van der Waals surface area contributed by atoms with Crippen molar-refractivity contribution in [3.8, 4) is 0 Å². The van der Waals surface area contributed by atoms with Crippen LogP contribution in [0.25, 0.3) is 0 Å². The number of H-pyrrole nitrogens is 1. The quantitative estimate of drug-likeness (QED) is 0.811. The van der Waals surface area contributed by atoms with Crippen molar-refractivity contribution in [2.24, 2.45) is 5.92 Å². The lowest BCUT2D eigenvalue weighted by Gasteiger charge is -2.30. The Kier molecular flexibility index (Phi) is 4.59. The summed E-state index contributed by atoms with van der Waals surface area (Å²) in [7, 11) is -3.45. The van der Waals surface area contributed by atoms with Crippen molar-refractivity contribution in [1.82, 2.24) is 19.8 Å². The molecule has 0 aromatic carbocycles. The maximum Gasteiger partial charge on any atom is 0.243 e. The number of aromatic nitrogens is 2. The van der Waals surface area contributed by atoms with E-state index in [1.165, 1.54) is 25.2 Å². The highest BCUT2D eigenvalue weighted by molar-refractivity contribution is 7.89. The topological polar surface area (TPSA) is 78.1 Å². The molecule has 0 spiro atoms. The monoisotopic (exact) mass is 286 g/mol. The van der Waals surface area contributed by atoms with Gasteiger partial charge in [0.2, 0.25) is 10.0 Å². The molecule has 2 N–H and O–H groups in total. The summed E-state index contributed by atoms with van der Waals surface area (Å²) in [6, 6.07) is 0.254. The Morgan fingerprint density at radius 3 is 2.63 bits per heavy atom. The molecule has 19 heavy (non-hydrogen) atoms. The van der Waals surface area contributed by atoms with Crippen LogP contribution in [0.2, 0.25) is 0 Å². The van der Waals surface area contributed by atoms with Crippen LogP contribution in [-0.2, 0) is 10.0 Å². The second-order valence-corrected chi connectivity index (χ2v) is 7.11. The molecular weight excluding hydrogens is 264 g/mol. The summed E-state index contributed by atoms with van der Waals surface area (Å²) in [4.78, 5) is 2.57. The van der Waals surface area contributed by atoms with Gasteiger partial charge >= 0.3 is 0 Å². The van der Waals surface area contributed by atoms with Crippen molar-refractivity contribution in [3.05, 3.63) is 12.4 Å². The molecule has 1 atom stereocenters. The standard InChI is InChI=1S/C12H22N4O2S/c1-10(2)12(16-5-3-4-6-16)9-15-19(17,18)11-7-13-14-8-11/h7-8,10,12,15H,3-6,9H2,1-2H3,(H,13,14). The van der Waals surface area contributed by atoms with Gasteiger partial charge in [0.1, 0.15) is 4.90 Å². The van der Waals surface area contributed by atoms with E-state index in [2.05, 4.69) is 33.7 Å². The molecule has 0 aliphatic carbocycles. The number of aromatic amines is 1. The van der Waals surface area contributed by atoms with Crippen LogP contribution in [0.1, 0.15) is 26.7 Å². The Morgan fingerprint density at radius 2 is 2.11 bits per heavy atom. The molecule has 6 nitrogen and oxygen atoms in total. The summed E-state index contributed by atoms with van der Waals surface area (Å²) in [5, 5.41) is 6.20. The Hall–Kier alpha value is -0.920. The van der Waals surface area contributed by atoms with Crippen LogP contribution in [0, 0.1) is 5.92 Å². The van der Waals surface area contributed by atoms with E-state index in [1.807, 2.05) is 0 Å². The Labute approximate surface area is 114 Å². The summed E-state index contributed by atoms with van der Waals surface area (Å²) >= 11 is 0.